The van der Waals surface area contributed by atoms with Gasteiger partial charge in [0.15, 0.2) is 5.96 Å². The van der Waals surface area contributed by atoms with Crippen molar-refractivity contribution in [2.75, 3.05) is 39.1 Å². The Labute approximate surface area is 152 Å². The number of nitrogens with one attached hydrogen (secondary N) is 1. The van der Waals surface area contributed by atoms with E-state index in [-0.39, 0.29) is 24.0 Å². The van der Waals surface area contributed by atoms with Gasteiger partial charge >= 0.3 is 0 Å². The smallest absolute Gasteiger partial charge is 0.193 e. The molecular formula is C17H29IN4. The molecule has 0 unspecified atom stereocenters. The topological polar surface area (TPSA) is 30.9 Å². The summed E-state index contributed by atoms with van der Waals surface area (Å²) >= 11 is 0. The molecule has 1 aliphatic heterocycles. The van der Waals surface area contributed by atoms with Gasteiger partial charge in [0, 0.05) is 46.5 Å². The molecule has 0 atom stereocenters. The molecular weight excluding hydrogens is 387 g/mol. The van der Waals surface area contributed by atoms with Gasteiger partial charge in [0.2, 0.25) is 0 Å². The van der Waals surface area contributed by atoms with Crippen molar-refractivity contribution < 1.29 is 0 Å². The number of hydrogen-bond acceptors (Lipinski definition) is 2. The molecule has 1 aliphatic rings. The standard InChI is InChI=1S/C17H28N4.HI/c1-14-8-10-21(11-9-14)17(18-2)19-13-15-6-5-7-16(12-15)20(3)4;/h5-7,12,14H,8-11,13H2,1-4H3,(H,18,19);1H. The van der Waals surface area contributed by atoms with E-state index in [1.807, 2.05) is 7.05 Å². The molecule has 1 fully saturated rings. The molecule has 1 heterocycles. The SMILES string of the molecule is CN=C(NCc1cccc(N(C)C)c1)N1CCC(C)CC1.I. The van der Waals surface area contributed by atoms with Crippen molar-refractivity contribution in [3.63, 3.8) is 0 Å². The minimum atomic E-state index is 0. The quantitative estimate of drug-likeness (QED) is 0.467. The lowest BCUT2D eigenvalue weighted by Crippen LogP contribution is -2.45. The number of guanidine groups is 1. The van der Waals surface area contributed by atoms with Crippen LogP contribution in [-0.2, 0) is 6.54 Å². The van der Waals surface area contributed by atoms with Crippen LogP contribution in [0.4, 0.5) is 5.69 Å². The van der Waals surface area contributed by atoms with Gasteiger partial charge in [-0.1, -0.05) is 19.1 Å². The fourth-order valence-electron chi connectivity index (χ4n) is 2.68. The van der Waals surface area contributed by atoms with E-state index in [2.05, 4.69) is 65.4 Å². The van der Waals surface area contributed by atoms with E-state index in [0.717, 1.165) is 31.5 Å². The summed E-state index contributed by atoms with van der Waals surface area (Å²) in [5.74, 6) is 1.87. The fourth-order valence-corrected chi connectivity index (χ4v) is 2.68. The molecule has 2 rings (SSSR count). The van der Waals surface area contributed by atoms with Crippen molar-refractivity contribution in [1.82, 2.24) is 10.2 Å². The van der Waals surface area contributed by atoms with Crippen LogP contribution in [0.1, 0.15) is 25.3 Å². The van der Waals surface area contributed by atoms with E-state index in [9.17, 15) is 0 Å². The molecule has 0 aromatic heterocycles. The second-order valence-corrected chi connectivity index (χ2v) is 6.13. The summed E-state index contributed by atoms with van der Waals surface area (Å²) in [6.45, 7) is 5.37. The Hall–Kier alpha value is -0.980. The molecule has 4 nitrogen and oxygen atoms in total. The number of likely N-dealkylation sites (tertiary alicyclic amines) is 1. The molecule has 0 spiro atoms. The van der Waals surface area contributed by atoms with Gasteiger partial charge in [-0.2, -0.15) is 0 Å². The maximum absolute atomic E-state index is 4.43. The van der Waals surface area contributed by atoms with Crippen LogP contribution < -0.4 is 10.2 Å². The Morgan fingerprint density at radius 2 is 2.00 bits per heavy atom. The first-order chi connectivity index (χ1) is 10.1. The Bertz CT molecular complexity index is 479. The van der Waals surface area contributed by atoms with Crippen molar-refractivity contribution in [1.29, 1.82) is 0 Å². The van der Waals surface area contributed by atoms with Crippen LogP contribution in [0.5, 0.6) is 0 Å². The minimum absolute atomic E-state index is 0. The van der Waals surface area contributed by atoms with Crippen molar-refractivity contribution in [3.8, 4) is 0 Å². The minimum Gasteiger partial charge on any atom is -0.378 e. The first kappa shape index (κ1) is 19.1. The van der Waals surface area contributed by atoms with Crippen LogP contribution in [0, 0.1) is 5.92 Å². The van der Waals surface area contributed by atoms with E-state index in [4.69, 9.17) is 0 Å². The number of aliphatic imine (C=N–C) groups is 1. The maximum atomic E-state index is 4.43. The summed E-state index contributed by atoms with van der Waals surface area (Å²) in [5, 5.41) is 3.49. The average Bonchev–Trinajstić information content (AvgIpc) is 2.50. The highest BCUT2D eigenvalue weighted by Crippen LogP contribution is 2.16. The average molecular weight is 416 g/mol. The van der Waals surface area contributed by atoms with Gasteiger partial charge in [-0.05, 0) is 36.5 Å². The number of rotatable bonds is 3. The lowest BCUT2D eigenvalue weighted by atomic mass is 9.99. The lowest BCUT2D eigenvalue weighted by molar-refractivity contribution is 0.273. The van der Waals surface area contributed by atoms with Gasteiger partial charge in [0.25, 0.3) is 0 Å². The maximum Gasteiger partial charge on any atom is 0.193 e. The molecule has 5 heteroatoms. The number of hydrogen-bond donors (Lipinski definition) is 1. The van der Waals surface area contributed by atoms with E-state index in [1.54, 1.807) is 0 Å². The van der Waals surface area contributed by atoms with E-state index < -0.39 is 0 Å². The molecule has 124 valence electrons. The molecule has 1 saturated heterocycles. The Kier molecular flexibility index (Phi) is 8.00. The molecule has 1 N–H and O–H groups in total. The van der Waals surface area contributed by atoms with E-state index in [0.29, 0.717) is 0 Å². The van der Waals surface area contributed by atoms with Crippen molar-refractivity contribution in [3.05, 3.63) is 29.8 Å². The predicted molar refractivity (Wildman–Crippen MR) is 106 cm³/mol. The summed E-state index contributed by atoms with van der Waals surface area (Å²) in [6.07, 6.45) is 2.52. The Balaban J connectivity index is 0.00000242. The van der Waals surface area contributed by atoms with Crippen LogP contribution in [0.2, 0.25) is 0 Å². The molecule has 0 saturated carbocycles. The highest BCUT2D eigenvalue weighted by Gasteiger charge is 2.18. The zero-order chi connectivity index (χ0) is 15.2. The van der Waals surface area contributed by atoms with Gasteiger partial charge in [-0.25, -0.2) is 0 Å². The third kappa shape index (κ3) is 5.34. The number of benzene rings is 1. The molecule has 0 bridgehead atoms. The van der Waals surface area contributed by atoms with Crippen LogP contribution in [0.15, 0.2) is 29.3 Å². The zero-order valence-electron chi connectivity index (χ0n) is 14.2. The second-order valence-electron chi connectivity index (χ2n) is 6.13. The van der Waals surface area contributed by atoms with Gasteiger partial charge in [0.1, 0.15) is 0 Å². The van der Waals surface area contributed by atoms with Crippen LogP contribution >= 0.6 is 24.0 Å². The number of piperidine rings is 1. The van der Waals surface area contributed by atoms with Crippen molar-refractivity contribution >= 4 is 35.6 Å². The van der Waals surface area contributed by atoms with Gasteiger partial charge in [0.05, 0.1) is 0 Å². The number of nitrogens with zero attached hydrogens (tertiary/aromatic N) is 3. The van der Waals surface area contributed by atoms with E-state index in [1.165, 1.54) is 24.1 Å². The lowest BCUT2D eigenvalue weighted by Gasteiger charge is -2.33. The third-order valence-corrected chi connectivity index (χ3v) is 4.17. The van der Waals surface area contributed by atoms with Crippen LogP contribution in [0.25, 0.3) is 0 Å². The normalized spacial score (nSPS) is 16.2. The Morgan fingerprint density at radius 3 is 2.59 bits per heavy atom. The van der Waals surface area contributed by atoms with E-state index >= 15 is 0 Å². The zero-order valence-corrected chi connectivity index (χ0v) is 16.5. The molecule has 1 aromatic rings. The highest BCUT2D eigenvalue weighted by atomic mass is 127. The van der Waals surface area contributed by atoms with Crippen molar-refractivity contribution in [2.24, 2.45) is 10.9 Å². The summed E-state index contributed by atoms with van der Waals surface area (Å²) in [6, 6.07) is 8.62. The second kappa shape index (κ2) is 9.22. The molecule has 0 aliphatic carbocycles. The molecule has 0 radical (unpaired) electrons. The van der Waals surface area contributed by atoms with Gasteiger partial charge in [-0.15, -0.1) is 24.0 Å². The Morgan fingerprint density at radius 1 is 1.32 bits per heavy atom. The van der Waals surface area contributed by atoms with Crippen LogP contribution in [-0.4, -0.2) is 45.1 Å². The first-order valence-electron chi connectivity index (χ1n) is 7.82. The fraction of sp³-hybridized carbons (Fsp3) is 0.588. The first-order valence-corrected chi connectivity index (χ1v) is 7.82. The van der Waals surface area contributed by atoms with Gasteiger partial charge < -0.3 is 15.1 Å². The summed E-state index contributed by atoms with van der Waals surface area (Å²) < 4.78 is 0. The molecule has 0 amide bonds. The highest BCUT2D eigenvalue weighted by molar-refractivity contribution is 14.0. The summed E-state index contributed by atoms with van der Waals surface area (Å²) in [5.41, 5.74) is 2.52. The molecule has 1 aromatic carbocycles. The van der Waals surface area contributed by atoms with Crippen LogP contribution in [0.3, 0.4) is 0 Å². The third-order valence-electron chi connectivity index (χ3n) is 4.17. The predicted octanol–water partition coefficient (Wildman–Crippen LogP) is 3.18. The summed E-state index contributed by atoms with van der Waals surface area (Å²) in [4.78, 5) is 8.93. The number of anilines is 1. The largest absolute Gasteiger partial charge is 0.378 e. The summed E-state index contributed by atoms with van der Waals surface area (Å²) in [7, 11) is 6.01. The van der Waals surface area contributed by atoms with Crippen molar-refractivity contribution in [2.45, 2.75) is 26.3 Å². The number of halogens is 1. The molecule has 22 heavy (non-hydrogen) atoms. The van der Waals surface area contributed by atoms with Gasteiger partial charge in [-0.3, -0.25) is 4.99 Å². The monoisotopic (exact) mass is 416 g/mol.